The first kappa shape index (κ1) is 10.3. The van der Waals surface area contributed by atoms with Gasteiger partial charge in [-0.2, -0.15) is 5.26 Å². The quantitative estimate of drug-likeness (QED) is 0.675. The van der Waals surface area contributed by atoms with Crippen molar-refractivity contribution in [3.8, 4) is 6.07 Å². The Morgan fingerprint density at radius 2 is 2.27 bits per heavy atom. The molecule has 1 aliphatic heterocycles. The molecule has 15 heavy (non-hydrogen) atoms. The van der Waals surface area contributed by atoms with Crippen LogP contribution in [0.2, 0.25) is 0 Å². The molecule has 0 bridgehead atoms. The van der Waals surface area contributed by atoms with Crippen LogP contribution in [0.25, 0.3) is 0 Å². The number of hydrogen-bond acceptors (Lipinski definition) is 3. The number of fused-ring (bicyclic) bond motifs is 1. The summed E-state index contributed by atoms with van der Waals surface area (Å²) in [6.07, 6.45) is 0. The molecular weight excluding hydrogens is 211 g/mol. The number of para-hydroxylation sites is 1. The first-order valence-electron chi connectivity index (χ1n) is 4.72. The van der Waals surface area contributed by atoms with Gasteiger partial charge >= 0.3 is 0 Å². The lowest BCUT2D eigenvalue weighted by Gasteiger charge is -2.36. The van der Waals surface area contributed by atoms with Gasteiger partial charge in [-0.3, -0.25) is 0 Å². The summed E-state index contributed by atoms with van der Waals surface area (Å²) >= 11 is 1.44. The summed E-state index contributed by atoms with van der Waals surface area (Å²) in [5.74, 6) is -0.217. The fourth-order valence-electron chi connectivity index (χ4n) is 1.71. The topological polar surface area (TPSA) is 27.0 Å². The smallest absolute Gasteiger partial charge is 0.147 e. The van der Waals surface area contributed by atoms with E-state index in [-0.39, 0.29) is 17.1 Å². The molecule has 2 atom stereocenters. The van der Waals surface area contributed by atoms with Crippen LogP contribution in [0.1, 0.15) is 6.92 Å². The van der Waals surface area contributed by atoms with Crippen molar-refractivity contribution < 1.29 is 4.39 Å². The van der Waals surface area contributed by atoms with E-state index in [0.29, 0.717) is 5.69 Å². The zero-order valence-corrected chi connectivity index (χ0v) is 9.38. The average molecular weight is 222 g/mol. The fraction of sp³-hybridized carbons (Fsp3) is 0.364. The fourth-order valence-corrected chi connectivity index (χ4v) is 2.93. The normalized spacial score (nSPS) is 24.5. The number of hydrogen-bond donors (Lipinski definition) is 0. The molecule has 0 aromatic heterocycles. The predicted octanol–water partition coefficient (Wildman–Crippen LogP) is 2.65. The molecule has 1 heterocycles. The standard InChI is InChI=1S/C11H11FN2S/c1-7-10(6-13)15-9-5-3-4-8(12)11(9)14(7)2/h3-5,7,10H,1-2H3. The molecule has 0 aliphatic carbocycles. The Morgan fingerprint density at radius 3 is 2.93 bits per heavy atom. The maximum absolute atomic E-state index is 13.6. The molecule has 1 aromatic carbocycles. The van der Waals surface area contributed by atoms with Gasteiger partial charge in [-0.25, -0.2) is 4.39 Å². The second-order valence-corrected chi connectivity index (χ2v) is 4.79. The second-order valence-electron chi connectivity index (χ2n) is 3.61. The first-order valence-corrected chi connectivity index (χ1v) is 5.60. The van der Waals surface area contributed by atoms with Gasteiger partial charge in [-0.1, -0.05) is 6.07 Å². The van der Waals surface area contributed by atoms with E-state index in [9.17, 15) is 4.39 Å². The summed E-state index contributed by atoms with van der Waals surface area (Å²) in [6.45, 7) is 1.94. The van der Waals surface area contributed by atoms with E-state index in [0.717, 1.165) is 4.90 Å². The summed E-state index contributed by atoms with van der Waals surface area (Å²) < 4.78 is 13.6. The summed E-state index contributed by atoms with van der Waals surface area (Å²) in [6, 6.07) is 7.27. The van der Waals surface area contributed by atoms with Crippen molar-refractivity contribution in [1.82, 2.24) is 0 Å². The monoisotopic (exact) mass is 222 g/mol. The van der Waals surface area contributed by atoms with E-state index in [4.69, 9.17) is 5.26 Å². The highest BCUT2D eigenvalue weighted by atomic mass is 32.2. The molecule has 78 valence electrons. The number of nitriles is 1. The molecule has 1 aromatic rings. The lowest BCUT2D eigenvalue weighted by atomic mass is 10.1. The summed E-state index contributed by atoms with van der Waals surface area (Å²) in [5.41, 5.74) is 0.613. The van der Waals surface area contributed by atoms with E-state index in [1.54, 1.807) is 6.07 Å². The first-order chi connectivity index (χ1) is 7.15. The van der Waals surface area contributed by atoms with Crippen molar-refractivity contribution in [2.45, 2.75) is 23.1 Å². The highest BCUT2D eigenvalue weighted by Crippen LogP contribution is 2.41. The van der Waals surface area contributed by atoms with Gasteiger partial charge in [0.2, 0.25) is 0 Å². The third-order valence-electron chi connectivity index (χ3n) is 2.73. The maximum Gasteiger partial charge on any atom is 0.147 e. The molecule has 0 saturated carbocycles. The Bertz CT molecular complexity index is 427. The van der Waals surface area contributed by atoms with Gasteiger partial charge < -0.3 is 4.90 Å². The highest BCUT2D eigenvalue weighted by Gasteiger charge is 2.31. The Labute approximate surface area is 92.7 Å². The molecular formula is C11H11FN2S. The molecule has 0 amide bonds. The molecule has 0 N–H and O–H groups in total. The Kier molecular flexibility index (Phi) is 2.57. The molecule has 2 nitrogen and oxygen atoms in total. The molecule has 0 radical (unpaired) electrons. The SMILES string of the molecule is CC1C(C#N)Sc2cccc(F)c2N1C. The minimum Gasteiger partial charge on any atom is -0.366 e. The lowest BCUT2D eigenvalue weighted by Crippen LogP contribution is -2.40. The third-order valence-corrected chi connectivity index (χ3v) is 4.07. The van der Waals surface area contributed by atoms with Gasteiger partial charge in [0, 0.05) is 11.9 Å². The van der Waals surface area contributed by atoms with E-state index in [2.05, 4.69) is 6.07 Å². The van der Waals surface area contributed by atoms with Crippen LogP contribution in [-0.2, 0) is 0 Å². The average Bonchev–Trinajstić information content (AvgIpc) is 2.23. The van der Waals surface area contributed by atoms with Crippen molar-refractivity contribution >= 4 is 17.4 Å². The van der Waals surface area contributed by atoms with Gasteiger partial charge in [0.1, 0.15) is 11.1 Å². The van der Waals surface area contributed by atoms with Gasteiger partial charge in [-0.05, 0) is 19.1 Å². The van der Waals surface area contributed by atoms with E-state index >= 15 is 0 Å². The van der Waals surface area contributed by atoms with Crippen LogP contribution in [0.15, 0.2) is 23.1 Å². The zero-order valence-electron chi connectivity index (χ0n) is 8.57. The van der Waals surface area contributed by atoms with Crippen LogP contribution >= 0.6 is 11.8 Å². The highest BCUT2D eigenvalue weighted by molar-refractivity contribution is 8.00. The van der Waals surface area contributed by atoms with E-state index in [1.165, 1.54) is 17.8 Å². The maximum atomic E-state index is 13.6. The Morgan fingerprint density at radius 1 is 1.53 bits per heavy atom. The molecule has 4 heteroatoms. The van der Waals surface area contributed by atoms with Crippen LogP contribution in [0.5, 0.6) is 0 Å². The number of rotatable bonds is 0. The van der Waals surface area contributed by atoms with Crippen molar-refractivity contribution in [3.05, 3.63) is 24.0 Å². The molecule has 2 rings (SSSR count). The van der Waals surface area contributed by atoms with Crippen molar-refractivity contribution in [2.24, 2.45) is 0 Å². The molecule has 0 spiro atoms. The molecule has 0 fully saturated rings. The summed E-state index contributed by atoms with van der Waals surface area (Å²) in [5, 5.41) is 8.85. The lowest BCUT2D eigenvalue weighted by molar-refractivity contribution is 0.599. The number of halogens is 1. The number of benzene rings is 1. The van der Waals surface area contributed by atoms with E-state index in [1.807, 2.05) is 24.9 Å². The predicted molar refractivity (Wildman–Crippen MR) is 59.5 cm³/mol. The minimum atomic E-state index is -0.217. The van der Waals surface area contributed by atoms with Gasteiger partial charge in [0.05, 0.1) is 17.8 Å². The van der Waals surface area contributed by atoms with Crippen LogP contribution in [0.3, 0.4) is 0 Å². The largest absolute Gasteiger partial charge is 0.366 e. The van der Waals surface area contributed by atoms with Crippen molar-refractivity contribution in [1.29, 1.82) is 5.26 Å². The Balaban J connectivity index is 2.51. The second kappa shape index (κ2) is 3.74. The Hall–Kier alpha value is -1.21. The van der Waals surface area contributed by atoms with Crippen LogP contribution in [0.4, 0.5) is 10.1 Å². The minimum absolute atomic E-state index is 0.0319. The summed E-state index contributed by atoms with van der Waals surface area (Å²) in [4.78, 5) is 2.69. The van der Waals surface area contributed by atoms with Crippen LogP contribution in [0, 0.1) is 17.1 Å². The third kappa shape index (κ3) is 1.57. The molecule has 1 aliphatic rings. The molecule has 0 saturated heterocycles. The van der Waals surface area contributed by atoms with Crippen molar-refractivity contribution in [2.75, 3.05) is 11.9 Å². The van der Waals surface area contributed by atoms with E-state index < -0.39 is 0 Å². The van der Waals surface area contributed by atoms with Crippen LogP contribution in [-0.4, -0.2) is 18.3 Å². The number of anilines is 1. The van der Waals surface area contributed by atoms with Crippen LogP contribution < -0.4 is 4.90 Å². The van der Waals surface area contributed by atoms with Gasteiger partial charge in [-0.15, -0.1) is 11.8 Å². The zero-order chi connectivity index (χ0) is 11.0. The summed E-state index contributed by atoms with van der Waals surface area (Å²) in [7, 11) is 1.83. The van der Waals surface area contributed by atoms with Gasteiger partial charge in [0.15, 0.2) is 0 Å². The van der Waals surface area contributed by atoms with Gasteiger partial charge in [0.25, 0.3) is 0 Å². The number of thioether (sulfide) groups is 1. The molecule has 2 unspecified atom stereocenters. The number of nitrogens with zero attached hydrogens (tertiary/aromatic N) is 2. The van der Waals surface area contributed by atoms with Crippen molar-refractivity contribution in [3.63, 3.8) is 0 Å².